The molecule has 4 bridgehead atoms. The van der Waals surface area contributed by atoms with Gasteiger partial charge in [0.25, 0.3) is 0 Å². The SMILES string of the molecule is O=C1C2=Nc3ccccc3OCCOCCOc3ccccc3N=C3C(=O)C(=C3O)Nc3ccccc3OCCOCCOc3ccccc3NC1=C2O. The molecular weight excluding hydrogens is 696 g/mol. The second-order valence-corrected chi connectivity index (χ2v) is 11.8. The first kappa shape index (κ1) is 35.7. The zero-order valence-corrected chi connectivity index (χ0v) is 28.9. The number of ether oxygens (including phenoxy) is 6. The molecular formula is C40H36N4O10. The minimum atomic E-state index is -0.461. The van der Waals surface area contributed by atoms with Crippen LogP contribution < -0.4 is 29.6 Å². The van der Waals surface area contributed by atoms with E-state index in [1.54, 1.807) is 97.1 Å². The number of allylic oxidation sites excluding steroid dienone is 4. The van der Waals surface area contributed by atoms with Gasteiger partial charge in [0.15, 0.2) is 22.9 Å². The maximum Gasteiger partial charge on any atom is 0.235 e. The Balaban J connectivity index is 1.07. The minimum absolute atomic E-state index is 0.00368. The molecule has 4 aromatic rings. The van der Waals surface area contributed by atoms with Crippen LogP contribution in [0.4, 0.5) is 22.7 Å². The van der Waals surface area contributed by atoms with E-state index >= 15 is 0 Å². The Kier molecular flexibility index (Phi) is 11.1. The van der Waals surface area contributed by atoms with Crippen molar-refractivity contribution >= 4 is 45.7 Å². The molecule has 0 amide bonds. The number of rotatable bonds is 0. The number of aliphatic hydroxyl groups is 2. The van der Waals surface area contributed by atoms with E-state index in [2.05, 4.69) is 20.6 Å². The van der Waals surface area contributed by atoms with Gasteiger partial charge in [-0.25, -0.2) is 9.98 Å². The van der Waals surface area contributed by atoms with Crippen LogP contribution in [0.25, 0.3) is 0 Å². The average Bonchev–Trinajstić information content (AvgIpc) is 3.20. The van der Waals surface area contributed by atoms with Crippen molar-refractivity contribution < 1.29 is 48.2 Å². The van der Waals surface area contributed by atoms with Gasteiger partial charge in [0.05, 0.1) is 37.8 Å². The van der Waals surface area contributed by atoms with E-state index in [0.717, 1.165) is 0 Å². The van der Waals surface area contributed by atoms with Crippen LogP contribution in [0.1, 0.15) is 0 Å². The summed E-state index contributed by atoms with van der Waals surface area (Å²) in [6.45, 7) is 1.66. The first-order valence-electron chi connectivity index (χ1n) is 17.2. The molecule has 0 spiro atoms. The Morgan fingerprint density at radius 1 is 0.444 bits per heavy atom. The topological polar surface area (TPSA) is 179 Å². The van der Waals surface area contributed by atoms with Gasteiger partial charge in [-0.2, -0.15) is 0 Å². The van der Waals surface area contributed by atoms with Crippen LogP contribution in [0.3, 0.4) is 0 Å². The van der Waals surface area contributed by atoms with Crippen LogP contribution >= 0.6 is 0 Å². The molecule has 4 heterocycles. The zero-order valence-electron chi connectivity index (χ0n) is 28.9. The number of hydrogen-bond donors (Lipinski definition) is 4. The third-order valence-electron chi connectivity index (χ3n) is 8.24. The second kappa shape index (κ2) is 16.8. The van der Waals surface area contributed by atoms with Gasteiger partial charge in [0.2, 0.25) is 11.6 Å². The summed E-state index contributed by atoms with van der Waals surface area (Å²) in [5.74, 6) is 0.249. The molecule has 4 aromatic carbocycles. The number of carbonyl (C=O) groups is 2. The highest BCUT2D eigenvalue weighted by Gasteiger charge is 2.38. The number of benzene rings is 4. The molecule has 14 heteroatoms. The van der Waals surface area contributed by atoms with Gasteiger partial charge in [-0.1, -0.05) is 48.5 Å². The van der Waals surface area contributed by atoms with Crippen molar-refractivity contribution in [3.05, 3.63) is 120 Å². The van der Waals surface area contributed by atoms with Crippen molar-refractivity contribution in [3.63, 3.8) is 0 Å². The molecule has 0 radical (unpaired) electrons. The molecule has 0 atom stereocenters. The van der Waals surface area contributed by atoms with E-state index in [0.29, 0.717) is 45.7 Å². The maximum atomic E-state index is 13.1. The first-order valence-corrected chi connectivity index (χ1v) is 17.2. The Bertz CT molecular complexity index is 2030. The standard InChI is InChI=1S/C40H36N4O10/c45-37-33-38(46)34(37)42-26-10-2-6-14-30(26)53-23-19-50-20-24-54-32-16-8-4-12-28(32)44-36-39(47)35(40(36)48)43-27-11-3-7-15-31(27)52-22-18-49-17-21-51-29-13-5-1-9-25(29)41-33/h1-16,41,43,45,47H,17-24H2. The number of aliphatic imine (C=N–C) groups is 2. The van der Waals surface area contributed by atoms with Gasteiger partial charge < -0.3 is 49.3 Å². The lowest BCUT2D eigenvalue weighted by molar-refractivity contribution is -0.111. The number of aliphatic hydroxyl groups excluding tert-OH is 2. The van der Waals surface area contributed by atoms with Crippen LogP contribution in [0.5, 0.6) is 23.0 Å². The quantitative estimate of drug-likeness (QED) is 0.165. The number of carbonyl (C=O) groups excluding carboxylic acids is 2. The van der Waals surface area contributed by atoms with Crippen molar-refractivity contribution in [3.8, 4) is 23.0 Å². The molecule has 14 nitrogen and oxygen atoms in total. The van der Waals surface area contributed by atoms with Crippen LogP contribution in [-0.4, -0.2) is 86.1 Å². The fraction of sp³-hybridized carbons (Fsp3) is 0.200. The zero-order chi connectivity index (χ0) is 37.3. The number of para-hydroxylation sites is 8. The van der Waals surface area contributed by atoms with E-state index in [1.807, 2.05) is 0 Å². The highest BCUT2D eigenvalue weighted by atomic mass is 16.6. The Hall–Kier alpha value is -6.64. The number of nitrogens with zero attached hydrogens (tertiary/aromatic N) is 2. The largest absolute Gasteiger partial charge is 0.504 e. The van der Waals surface area contributed by atoms with Gasteiger partial charge in [-0.15, -0.1) is 0 Å². The van der Waals surface area contributed by atoms with Gasteiger partial charge in [-0.3, -0.25) is 9.59 Å². The highest BCUT2D eigenvalue weighted by molar-refractivity contribution is 6.59. The summed E-state index contributed by atoms with van der Waals surface area (Å²) in [7, 11) is 0. The second-order valence-electron chi connectivity index (χ2n) is 11.8. The molecule has 4 aliphatic heterocycles. The van der Waals surface area contributed by atoms with E-state index in [9.17, 15) is 19.8 Å². The molecule has 0 saturated heterocycles. The minimum Gasteiger partial charge on any atom is -0.504 e. The molecule has 4 N–H and O–H groups in total. The Labute approximate surface area is 310 Å². The average molecular weight is 733 g/mol. The summed E-state index contributed by atoms with van der Waals surface area (Å²) in [6, 6.07) is 27.8. The summed E-state index contributed by atoms with van der Waals surface area (Å²) < 4.78 is 35.0. The number of Topliss-reactive ketones (excluding diaryl/α,β-unsaturated/α-hetero) is 2. The van der Waals surface area contributed by atoms with E-state index < -0.39 is 11.6 Å². The predicted octanol–water partition coefficient (Wildman–Crippen LogP) is 6.02. The van der Waals surface area contributed by atoms with E-state index in [-0.39, 0.29) is 87.2 Å². The molecule has 0 aromatic heterocycles. The number of ketones is 2. The molecule has 0 fully saturated rings. The molecule has 10 rings (SSSR count). The number of anilines is 2. The Morgan fingerprint density at radius 2 is 0.778 bits per heavy atom. The Morgan fingerprint density at radius 3 is 1.17 bits per heavy atom. The van der Waals surface area contributed by atoms with Gasteiger partial charge in [0.1, 0.15) is 72.2 Å². The van der Waals surface area contributed by atoms with Crippen LogP contribution in [0, 0.1) is 0 Å². The molecule has 276 valence electrons. The lowest BCUT2D eigenvalue weighted by Gasteiger charge is -2.23. The molecule has 0 unspecified atom stereocenters. The number of hydrogen-bond acceptors (Lipinski definition) is 14. The van der Waals surface area contributed by atoms with E-state index in [4.69, 9.17) is 28.4 Å². The van der Waals surface area contributed by atoms with Crippen molar-refractivity contribution in [2.75, 3.05) is 63.5 Å². The smallest absolute Gasteiger partial charge is 0.235 e. The van der Waals surface area contributed by atoms with Crippen molar-refractivity contribution in [2.45, 2.75) is 0 Å². The summed E-state index contributed by atoms with van der Waals surface area (Å²) in [5.41, 5.74) is 1.49. The highest BCUT2D eigenvalue weighted by Crippen LogP contribution is 2.35. The molecule has 6 aliphatic rings. The van der Waals surface area contributed by atoms with Crippen molar-refractivity contribution in [1.29, 1.82) is 0 Å². The summed E-state index contributed by atoms with van der Waals surface area (Å²) in [4.78, 5) is 34.9. The normalized spacial score (nSPS) is 17.3. The first-order chi connectivity index (χ1) is 26.5. The third-order valence-corrected chi connectivity index (χ3v) is 8.24. The monoisotopic (exact) mass is 732 g/mol. The van der Waals surface area contributed by atoms with Gasteiger partial charge in [0, 0.05) is 0 Å². The number of nitrogens with one attached hydrogen (secondary N) is 2. The fourth-order valence-electron chi connectivity index (χ4n) is 5.51. The molecule has 2 aliphatic carbocycles. The van der Waals surface area contributed by atoms with Crippen LogP contribution in [-0.2, 0) is 19.1 Å². The summed E-state index contributed by atoms with van der Waals surface area (Å²) in [5, 5.41) is 27.5. The van der Waals surface area contributed by atoms with Gasteiger partial charge >= 0.3 is 0 Å². The summed E-state index contributed by atoms with van der Waals surface area (Å²) >= 11 is 0. The maximum absolute atomic E-state index is 13.1. The summed E-state index contributed by atoms with van der Waals surface area (Å²) in [6.07, 6.45) is 0. The lowest BCUT2D eigenvalue weighted by Crippen LogP contribution is -2.35. The van der Waals surface area contributed by atoms with Crippen LogP contribution in [0.2, 0.25) is 0 Å². The van der Waals surface area contributed by atoms with Crippen molar-refractivity contribution in [1.82, 2.24) is 0 Å². The van der Waals surface area contributed by atoms with Crippen molar-refractivity contribution in [2.24, 2.45) is 9.98 Å². The van der Waals surface area contributed by atoms with Crippen LogP contribution in [0.15, 0.2) is 130 Å². The molecule has 54 heavy (non-hydrogen) atoms. The fourth-order valence-corrected chi connectivity index (χ4v) is 5.51. The predicted molar refractivity (Wildman–Crippen MR) is 200 cm³/mol. The van der Waals surface area contributed by atoms with E-state index in [1.165, 1.54) is 0 Å². The van der Waals surface area contributed by atoms with Gasteiger partial charge in [-0.05, 0) is 48.5 Å². The molecule has 0 saturated carbocycles. The third kappa shape index (κ3) is 8.04. The lowest BCUT2D eigenvalue weighted by atomic mass is 9.97.